The van der Waals surface area contributed by atoms with Gasteiger partial charge in [-0.25, -0.2) is 0 Å². The zero-order chi connectivity index (χ0) is 18.9. The molecule has 0 aromatic heterocycles. The highest BCUT2D eigenvalue weighted by Gasteiger charge is 2.40. The quantitative estimate of drug-likeness (QED) is 0.815. The van der Waals surface area contributed by atoms with Crippen molar-refractivity contribution in [3.8, 4) is 0 Å². The Morgan fingerprint density at radius 3 is 2.50 bits per heavy atom. The molecule has 26 heavy (non-hydrogen) atoms. The summed E-state index contributed by atoms with van der Waals surface area (Å²) in [5.74, 6) is -0.174. The van der Waals surface area contributed by atoms with Gasteiger partial charge in [0, 0.05) is 11.1 Å². The van der Waals surface area contributed by atoms with Gasteiger partial charge < -0.3 is 15.4 Å². The highest BCUT2D eigenvalue weighted by molar-refractivity contribution is 5.95. The fraction of sp³-hybridized carbons (Fsp3) is 0.619. The highest BCUT2D eigenvalue weighted by atomic mass is 16.5. The Bertz CT molecular complexity index is 705. The van der Waals surface area contributed by atoms with Crippen LogP contribution in [-0.4, -0.2) is 32.1 Å². The topological polar surface area (TPSA) is 67.4 Å². The van der Waals surface area contributed by atoms with E-state index in [-0.39, 0.29) is 28.6 Å². The number of fused-ring (bicyclic) bond motifs is 1. The maximum absolute atomic E-state index is 12.8. The van der Waals surface area contributed by atoms with E-state index in [1.807, 2.05) is 19.1 Å². The molecular formula is C21H30N2O3. The summed E-state index contributed by atoms with van der Waals surface area (Å²) in [6.45, 7) is 8.04. The minimum absolute atomic E-state index is 0.0986. The molecule has 0 radical (unpaired) electrons. The molecule has 1 aliphatic carbocycles. The molecular weight excluding hydrogens is 328 g/mol. The first-order valence-electron chi connectivity index (χ1n) is 9.47. The van der Waals surface area contributed by atoms with Crippen LogP contribution in [0, 0.1) is 16.7 Å². The summed E-state index contributed by atoms with van der Waals surface area (Å²) in [5.41, 5.74) is 2.76. The lowest BCUT2D eigenvalue weighted by atomic mass is 9.66. The van der Waals surface area contributed by atoms with Gasteiger partial charge in [0.1, 0.15) is 0 Å². The van der Waals surface area contributed by atoms with Crippen molar-refractivity contribution >= 4 is 17.6 Å². The van der Waals surface area contributed by atoms with Crippen LogP contribution >= 0.6 is 0 Å². The average molecular weight is 358 g/mol. The zero-order valence-corrected chi connectivity index (χ0v) is 16.3. The third-order valence-electron chi connectivity index (χ3n) is 6.22. The molecule has 2 N–H and O–H groups in total. The maximum Gasteiger partial charge on any atom is 0.309 e. The first-order chi connectivity index (χ1) is 12.2. The maximum atomic E-state index is 12.8. The Hall–Kier alpha value is -1.88. The molecule has 5 nitrogen and oxygen atoms in total. The number of ether oxygens (including phenoxy) is 1. The minimum atomic E-state index is -0.309. The van der Waals surface area contributed by atoms with Crippen LogP contribution in [0.3, 0.4) is 0 Å². The summed E-state index contributed by atoms with van der Waals surface area (Å²) < 4.78 is 4.99. The number of anilines is 1. The molecule has 0 bridgehead atoms. The summed E-state index contributed by atoms with van der Waals surface area (Å²) in [5, 5.41) is 6.43. The predicted octanol–water partition coefficient (Wildman–Crippen LogP) is 2.93. The van der Waals surface area contributed by atoms with Crippen LogP contribution < -0.4 is 10.6 Å². The molecule has 1 aromatic rings. The number of piperidine rings is 1. The molecule has 5 heteroatoms. The Balaban J connectivity index is 1.77. The normalized spacial score (nSPS) is 23.6. The van der Waals surface area contributed by atoms with Crippen molar-refractivity contribution in [3.05, 3.63) is 29.3 Å². The fourth-order valence-electron chi connectivity index (χ4n) is 4.21. The SMILES string of the molecule is COC(=O)C1Cc2ccc(NC(=O)C3(C)CCNCC3)cc2CC1(C)C. The molecule has 1 unspecified atom stereocenters. The standard InChI is InChI=1S/C21H30N2O3/c1-20(2)13-15-11-16(6-5-14(15)12-17(20)18(24)26-4)23-19(25)21(3)7-9-22-10-8-21/h5-6,11,17,22H,7-10,12-13H2,1-4H3,(H,23,25). The van der Waals surface area contributed by atoms with Gasteiger partial charge in [-0.2, -0.15) is 0 Å². The Kier molecular flexibility index (Phi) is 5.11. The Morgan fingerprint density at radius 1 is 1.15 bits per heavy atom. The van der Waals surface area contributed by atoms with Gasteiger partial charge in [0.15, 0.2) is 0 Å². The second-order valence-electron chi connectivity index (χ2n) is 8.69. The number of esters is 1. The van der Waals surface area contributed by atoms with Crippen molar-refractivity contribution in [2.24, 2.45) is 16.7 Å². The third-order valence-corrected chi connectivity index (χ3v) is 6.22. The van der Waals surface area contributed by atoms with Crippen molar-refractivity contribution in [1.82, 2.24) is 5.32 Å². The number of benzene rings is 1. The van der Waals surface area contributed by atoms with E-state index in [1.54, 1.807) is 0 Å². The Morgan fingerprint density at radius 2 is 1.85 bits per heavy atom. The van der Waals surface area contributed by atoms with Crippen molar-refractivity contribution in [3.63, 3.8) is 0 Å². The average Bonchev–Trinajstić information content (AvgIpc) is 2.60. The molecule has 2 aliphatic rings. The largest absolute Gasteiger partial charge is 0.469 e. The second kappa shape index (κ2) is 7.03. The van der Waals surface area contributed by atoms with E-state index < -0.39 is 0 Å². The van der Waals surface area contributed by atoms with Crippen molar-refractivity contribution in [2.45, 2.75) is 46.5 Å². The first kappa shape index (κ1) is 18.9. The van der Waals surface area contributed by atoms with Gasteiger partial charge in [0.25, 0.3) is 0 Å². The van der Waals surface area contributed by atoms with Gasteiger partial charge in [-0.1, -0.05) is 26.8 Å². The van der Waals surface area contributed by atoms with E-state index >= 15 is 0 Å². The van der Waals surface area contributed by atoms with E-state index in [0.29, 0.717) is 6.42 Å². The summed E-state index contributed by atoms with van der Waals surface area (Å²) in [4.78, 5) is 24.9. The molecule has 1 aromatic carbocycles. The van der Waals surface area contributed by atoms with Crippen LogP contribution in [0.5, 0.6) is 0 Å². The van der Waals surface area contributed by atoms with Gasteiger partial charge in [0.05, 0.1) is 13.0 Å². The molecule has 0 spiro atoms. The molecule has 1 aliphatic heterocycles. The van der Waals surface area contributed by atoms with E-state index in [4.69, 9.17) is 4.74 Å². The lowest BCUT2D eigenvalue weighted by molar-refractivity contribution is -0.150. The van der Waals surface area contributed by atoms with Gasteiger partial charge >= 0.3 is 5.97 Å². The summed E-state index contributed by atoms with van der Waals surface area (Å²) in [7, 11) is 1.45. The van der Waals surface area contributed by atoms with Crippen LogP contribution in [0.2, 0.25) is 0 Å². The lowest BCUT2D eigenvalue weighted by Crippen LogP contribution is -2.43. The molecule has 1 heterocycles. The van der Waals surface area contributed by atoms with Crippen LogP contribution in [-0.2, 0) is 27.2 Å². The van der Waals surface area contributed by atoms with E-state index in [9.17, 15) is 9.59 Å². The number of hydrogen-bond donors (Lipinski definition) is 2. The first-order valence-corrected chi connectivity index (χ1v) is 9.47. The van der Waals surface area contributed by atoms with E-state index in [0.717, 1.165) is 38.0 Å². The number of amides is 1. The van der Waals surface area contributed by atoms with Crippen LogP contribution in [0.15, 0.2) is 18.2 Å². The van der Waals surface area contributed by atoms with Crippen LogP contribution in [0.4, 0.5) is 5.69 Å². The summed E-state index contributed by atoms with van der Waals surface area (Å²) >= 11 is 0. The number of hydrogen-bond acceptors (Lipinski definition) is 4. The lowest BCUT2D eigenvalue weighted by Gasteiger charge is -2.38. The third kappa shape index (κ3) is 3.63. The Labute approximate surface area is 155 Å². The molecule has 1 fully saturated rings. The minimum Gasteiger partial charge on any atom is -0.469 e. The zero-order valence-electron chi connectivity index (χ0n) is 16.3. The number of methoxy groups -OCH3 is 1. The van der Waals surface area contributed by atoms with Gasteiger partial charge in [-0.15, -0.1) is 0 Å². The van der Waals surface area contributed by atoms with E-state index in [2.05, 4.69) is 30.5 Å². The smallest absolute Gasteiger partial charge is 0.309 e. The number of carbonyl (C=O) groups is 2. The van der Waals surface area contributed by atoms with E-state index in [1.165, 1.54) is 18.2 Å². The van der Waals surface area contributed by atoms with Crippen LogP contribution in [0.25, 0.3) is 0 Å². The van der Waals surface area contributed by atoms with Gasteiger partial charge in [-0.3, -0.25) is 9.59 Å². The molecule has 1 amide bonds. The summed E-state index contributed by atoms with van der Waals surface area (Å²) in [6.07, 6.45) is 3.20. The monoisotopic (exact) mass is 358 g/mol. The molecule has 1 atom stereocenters. The van der Waals surface area contributed by atoms with Gasteiger partial charge in [0.2, 0.25) is 5.91 Å². The fourth-order valence-corrected chi connectivity index (χ4v) is 4.21. The van der Waals surface area contributed by atoms with Crippen LogP contribution in [0.1, 0.15) is 44.7 Å². The molecule has 3 rings (SSSR count). The molecule has 1 saturated heterocycles. The number of rotatable bonds is 3. The highest BCUT2D eigenvalue weighted by Crippen LogP contribution is 2.41. The molecule has 142 valence electrons. The summed E-state index contributed by atoms with van der Waals surface area (Å²) in [6, 6.07) is 6.07. The van der Waals surface area contributed by atoms with Crippen molar-refractivity contribution < 1.29 is 14.3 Å². The second-order valence-corrected chi connectivity index (χ2v) is 8.69. The van der Waals surface area contributed by atoms with Crippen molar-refractivity contribution in [2.75, 3.05) is 25.5 Å². The van der Waals surface area contributed by atoms with Crippen molar-refractivity contribution in [1.29, 1.82) is 0 Å². The predicted molar refractivity (Wildman–Crippen MR) is 102 cm³/mol. The molecule has 0 saturated carbocycles. The number of carbonyl (C=O) groups excluding carboxylic acids is 2. The number of nitrogens with one attached hydrogen (secondary N) is 2. The van der Waals surface area contributed by atoms with Gasteiger partial charge in [-0.05, 0) is 67.4 Å².